The van der Waals surface area contributed by atoms with Gasteiger partial charge in [-0.3, -0.25) is 9.36 Å². The highest BCUT2D eigenvalue weighted by Crippen LogP contribution is 2.30. The number of hydrogen-bond acceptors (Lipinski definition) is 4. The fourth-order valence-corrected chi connectivity index (χ4v) is 4.09. The van der Waals surface area contributed by atoms with Crippen LogP contribution in [0.3, 0.4) is 0 Å². The maximum absolute atomic E-state index is 13.3. The van der Waals surface area contributed by atoms with Crippen LogP contribution in [0, 0.1) is 5.92 Å². The molecule has 0 spiro atoms. The Morgan fingerprint density at radius 2 is 1.93 bits per heavy atom. The zero-order valence-electron chi connectivity index (χ0n) is 15.6. The molecule has 27 heavy (non-hydrogen) atoms. The molecule has 2 aromatic heterocycles. The van der Waals surface area contributed by atoms with E-state index in [0.29, 0.717) is 12.3 Å². The molecule has 8 heteroatoms. The van der Waals surface area contributed by atoms with Gasteiger partial charge in [0.15, 0.2) is 5.65 Å². The number of amides is 1. The van der Waals surface area contributed by atoms with Crippen LogP contribution in [0.2, 0.25) is 0 Å². The van der Waals surface area contributed by atoms with Crippen LogP contribution in [0.25, 0.3) is 11.2 Å². The molecule has 0 unspecified atom stereocenters. The molecule has 6 nitrogen and oxygen atoms in total. The maximum atomic E-state index is 13.3. The van der Waals surface area contributed by atoms with Crippen molar-refractivity contribution in [2.75, 3.05) is 31.1 Å². The van der Waals surface area contributed by atoms with Crippen molar-refractivity contribution in [2.24, 2.45) is 13.0 Å². The van der Waals surface area contributed by atoms with Crippen molar-refractivity contribution in [3.63, 3.8) is 0 Å². The molecule has 2 saturated heterocycles. The van der Waals surface area contributed by atoms with E-state index in [0.717, 1.165) is 43.0 Å². The zero-order valence-corrected chi connectivity index (χ0v) is 15.6. The smallest absolute Gasteiger partial charge is 0.251 e. The highest BCUT2D eigenvalue weighted by Gasteiger charge is 2.36. The van der Waals surface area contributed by atoms with Gasteiger partial charge in [-0.15, -0.1) is 0 Å². The van der Waals surface area contributed by atoms with E-state index in [4.69, 9.17) is 0 Å². The lowest BCUT2D eigenvalue weighted by Gasteiger charge is -2.35. The number of pyridine rings is 1. The average molecular weight is 377 g/mol. The van der Waals surface area contributed by atoms with Crippen LogP contribution in [0.4, 0.5) is 14.7 Å². The second kappa shape index (κ2) is 7.05. The monoisotopic (exact) mass is 377 g/mol. The van der Waals surface area contributed by atoms with E-state index < -0.39 is 5.92 Å². The lowest BCUT2D eigenvalue weighted by Crippen LogP contribution is -2.44. The maximum Gasteiger partial charge on any atom is 0.251 e. The van der Waals surface area contributed by atoms with E-state index in [1.807, 2.05) is 23.7 Å². The number of aryl methyl sites for hydroxylation is 1. The van der Waals surface area contributed by atoms with Crippen molar-refractivity contribution >= 4 is 23.0 Å². The molecule has 1 amide bonds. The summed E-state index contributed by atoms with van der Waals surface area (Å²) in [7, 11) is 1.97. The molecule has 2 fully saturated rings. The first kappa shape index (κ1) is 18.1. The van der Waals surface area contributed by atoms with Crippen LogP contribution in [-0.2, 0) is 11.8 Å². The van der Waals surface area contributed by atoms with Crippen LogP contribution < -0.4 is 4.90 Å². The Labute approximate surface area is 157 Å². The van der Waals surface area contributed by atoms with E-state index in [1.165, 1.54) is 0 Å². The van der Waals surface area contributed by atoms with Crippen LogP contribution in [0.1, 0.15) is 32.1 Å². The van der Waals surface area contributed by atoms with Crippen LogP contribution in [0.5, 0.6) is 0 Å². The van der Waals surface area contributed by atoms with Gasteiger partial charge in [-0.25, -0.2) is 18.7 Å². The molecule has 0 aliphatic carbocycles. The van der Waals surface area contributed by atoms with E-state index in [2.05, 4.69) is 14.9 Å². The van der Waals surface area contributed by atoms with Crippen molar-refractivity contribution in [1.29, 1.82) is 0 Å². The number of nitrogens with zero attached hydrogens (tertiary/aromatic N) is 5. The Balaban J connectivity index is 1.32. The molecule has 2 aliphatic heterocycles. The fourth-order valence-electron chi connectivity index (χ4n) is 4.09. The minimum absolute atomic E-state index is 0.0240. The number of imidazole rings is 1. The van der Waals surface area contributed by atoms with E-state index in [9.17, 15) is 13.6 Å². The molecule has 2 aromatic rings. The Kier molecular flexibility index (Phi) is 4.74. The summed E-state index contributed by atoms with van der Waals surface area (Å²) in [5, 5.41) is 0. The number of carbonyl (C=O) groups excluding carboxylic acids is 1. The lowest BCUT2D eigenvalue weighted by atomic mass is 9.92. The molecule has 0 radical (unpaired) electrons. The Morgan fingerprint density at radius 3 is 2.59 bits per heavy atom. The molecule has 0 N–H and O–H groups in total. The number of rotatable bonds is 3. The SMILES string of the molecule is Cn1c(N2CCC(CC(=O)N3CCC(F)(F)CC3)CC2)nc2cccnc21. The second-order valence-electron chi connectivity index (χ2n) is 7.69. The van der Waals surface area contributed by atoms with Gasteiger partial charge in [0, 0.05) is 58.7 Å². The molecule has 146 valence electrons. The third kappa shape index (κ3) is 3.75. The Hall–Kier alpha value is -2.25. The molecule has 0 saturated carbocycles. The number of piperidine rings is 2. The van der Waals surface area contributed by atoms with Gasteiger partial charge in [-0.1, -0.05) is 0 Å². The number of anilines is 1. The van der Waals surface area contributed by atoms with Gasteiger partial charge in [0.1, 0.15) is 5.52 Å². The van der Waals surface area contributed by atoms with Crippen LogP contribution >= 0.6 is 0 Å². The molecular formula is C19H25F2N5O. The Morgan fingerprint density at radius 1 is 1.22 bits per heavy atom. The molecule has 0 atom stereocenters. The lowest BCUT2D eigenvalue weighted by molar-refractivity contribution is -0.138. The summed E-state index contributed by atoms with van der Waals surface area (Å²) in [6.07, 6.45) is 3.63. The third-order valence-corrected chi connectivity index (χ3v) is 5.81. The number of likely N-dealkylation sites (tertiary alicyclic amines) is 1. The molecule has 0 bridgehead atoms. The summed E-state index contributed by atoms with van der Waals surface area (Å²) in [6, 6.07) is 3.84. The largest absolute Gasteiger partial charge is 0.342 e. The van der Waals surface area contributed by atoms with Gasteiger partial charge < -0.3 is 9.80 Å². The minimum Gasteiger partial charge on any atom is -0.342 e. The first-order chi connectivity index (χ1) is 12.9. The van der Waals surface area contributed by atoms with Crippen molar-refractivity contribution in [3.05, 3.63) is 18.3 Å². The normalized spacial score (nSPS) is 21.0. The van der Waals surface area contributed by atoms with Gasteiger partial charge in [-0.05, 0) is 30.9 Å². The summed E-state index contributed by atoms with van der Waals surface area (Å²) in [5.41, 5.74) is 1.75. The molecular weight excluding hydrogens is 352 g/mol. The van der Waals surface area contributed by atoms with Crippen molar-refractivity contribution in [2.45, 2.75) is 38.0 Å². The fraction of sp³-hybridized carbons (Fsp3) is 0.632. The van der Waals surface area contributed by atoms with Crippen molar-refractivity contribution < 1.29 is 13.6 Å². The minimum atomic E-state index is -2.61. The number of halogens is 2. The second-order valence-corrected chi connectivity index (χ2v) is 7.69. The number of hydrogen-bond donors (Lipinski definition) is 0. The number of fused-ring (bicyclic) bond motifs is 1. The number of alkyl halides is 2. The highest BCUT2D eigenvalue weighted by atomic mass is 19.3. The summed E-state index contributed by atoms with van der Waals surface area (Å²) < 4.78 is 28.5. The molecule has 0 aromatic carbocycles. The summed E-state index contributed by atoms with van der Waals surface area (Å²) in [6.45, 7) is 2.04. The van der Waals surface area contributed by atoms with Gasteiger partial charge in [0.05, 0.1) is 0 Å². The van der Waals surface area contributed by atoms with Crippen molar-refractivity contribution in [1.82, 2.24) is 19.4 Å². The highest BCUT2D eigenvalue weighted by molar-refractivity contribution is 5.77. The van der Waals surface area contributed by atoms with Crippen molar-refractivity contribution in [3.8, 4) is 0 Å². The number of aromatic nitrogens is 3. The third-order valence-electron chi connectivity index (χ3n) is 5.81. The topological polar surface area (TPSA) is 54.3 Å². The first-order valence-electron chi connectivity index (χ1n) is 9.61. The van der Waals surface area contributed by atoms with Gasteiger partial charge in [0.2, 0.25) is 11.9 Å². The summed E-state index contributed by atoms with van der Waals surface area (Å²) in [5.74, 6) is -1.37. The molecule has 4 heterocycles. The van der Waals surface area contributed by atoms with Crippen LogP contribution in [-0.4, -0.2) is 57.4 Å². The number of carbonyl (C=O) groups is 1. The molecule has 4 rings (SSSR count). The summed E-state index contributed by atoms with van der Waals surface area (Å²) >= 11 is 0. The van der Waals surface area contributed by atoms with E-state index >= 15 is 0 Å². The van der Waals surface area contributed by atoms with Gasteiger partial charge in [-0.2, -0.15) is 0 Å². The standard InChI is InChI=1S/C19H25F2N5O/c1-24-17-15(3-2-8-22-17)23-18(24)26-9-4-14(5-10-26)13-16(27)25-11-6-19(20,21)7-12-25/h2-3,8,14H,4-7,9-13H2,1H3. The van der Waals surface area contributed by atoms with Gasteiger partial charge in [0.25, 0.3) is 5.92 Å². The molecule has 2 aliphatic rings. The first-order valence-corrected chi connectivity index (χ1v) is 9.61. The van der Waals surface area contributed by atoms with Crippen LogP contribution in [0.15, 0.2) is 18.3 Å². The average Bonchev–Trinajstić information content (AvgIpc) is 2.99. The quantitative estimate of drug-likeness (QED) is 0.825. The Bertz CT molecular complexity index is 819. The van der Waals surface area contributed by atoms with E-state index in [1.54, 1.807) is 11.1 Å². The van der Waals surface area contributed by atoms with Gasteiger partial charge >= 0.3 is 0 Å². The van der Waals surface area contributed by atoms with E-state index in [-0.39, 0.29) is 31.8 Å². The predicted octanol–water partition coefficient (Wildman–Crippen LogP) is 2.83. The zero-order chi connectivity index (χ0) is 19.0. The summed E-state index contributed by atoms with van der Waals surface area (Å²) in [4.78, 5) is 25.4. The predicted molar refractivity (Wildman–Crippen MR) is 98.8 cm³/mol.